The van der Waals surface area contributed by atoms with Crippen LogP contribution >= 0.6 is 11.6 Å². The molecule has 0 aliphatic heterocycles. The van der Waals surface area contributed by atoms with E-state index in [2.05, 4.69) is 0 Å². The second-order valence-corrected chi connectivity index (χ2v) is 7.32. The number of benzene rings is 2. The van der Waals surface area contributed by atoms with Crippen LogP contribution in [0.2, 0.25) is 5.02 Å². The molecule has 0 unspecified atom stereocenters. The number of ether oxygens (including phenoxy) is 2. The van der Waals surface area contributed by atoms with E-state index in [9.17, 15) is 9.59 Å². The summed E-state index contributed by atoms with van der Waals surface area (Å²) in [7, 11) is 1.59. The zero-order valence-electron chi connectivity index (χ0n) is 17.0. The molecule has 0 N–H and O–H groups in total. The maximum Gasteiger partial charge on any atom is 0.303 e. The summed E-state index contributed by atoms with van der Waals surface area (Å²) >= 11 is 6.36. The van der Waals surface area contributed by atoms with Crippen LogP contribution in [0.5, 0.6) is 5.75 Å². The SMILES string of the molecule is COc1ccc(-c2cc(Cl)cn3c(=O)c(-c4ccccc4)c(COC(C)=O)nc23)cc1. The number of nitrogens with zero attached hydrogens (tertiary/aromatic N) is 2. The van der Waals surface area contributed by atoms with Crippen molar-refractivity contribution in [2.75, 3.05) is 7.11 Å². The number of pyridine rings is 1. The molecule has 0 fully saturated rings. The topological polar surface area (TPSA) is 69.9 Å². The third-order valence-electron chi connectivity index (χ3n) is 4.84. The van der Waals surface area contributed by atoms with Crippen LogP contribution in [-0.2, 0) is 16.1 Å². The summed E-state index contributed by atoms with van der Waals surface area (Å²) in [6.45, 7) is 1.20. The molecular formula is C24H19ClN2O4. The van der Waals surface area contributed by atoms with E-state index in [-0.39, 0.29) is 12.2 Å². The number of fused-ring (bicyclic) bond motifs is 1. The fourth-order valence-corrected chi connectivity index (χ4v) is 3.61. The molecule has 0 amide bonds. The number of halogens is 1. The lowest BCUT2D eigenvalue weighted by atomic mass is 10.0. The van der Waals surface area contributed by atoms with Gasteiger partial charge in [0, 0.05) is 18.7 Å². The van der Waals surface area contributed by atoms with Crippen LogP contribution in [0, 0.1) is 0 Å². The molecule has 2 aromatic heterocycles. The fourth-order valence-electron chi connectivity index (χ4n) is 3.40. The van der Waals surface area contributed by atoms with Crippen LogP contribution in [0.3, 0.4) is 0 Å². The third-order valence-corrected chi connectivity index (χ3v) is 5.05. The number of methoxy groups -OCH3 is 1. The maximum absolute atomic E-state index is 13.5. The Morgan fingerprint density at radius 3 is 2.42 bits per heavy atom. The quantitative estimate of drug-likeness (QED) is 0.424. The van der Waals surface area contributed by atoms with Gasteiger partial charge in [-0.2, -0.15) is 0 Å². The van der Waals surface area contributed by atoms with Crippen LogP contribution in [0.25, 0.3) is 27.9 Å². The number of carbonyl (C=O) groups is 1. The molecule has 0 saturated heterocycles. The lowest BCUT2D eigenvalue weighted by molar-refractivity contribution is -0.142. The maximum atomic E-state index is 13.5. The van der Waals surface area contributed by atoms with Gasteiger partial charge in [-0.25, -0.2) is 4.98 Å². The highest BCUT2D eigenvalue weighted by atomic mass is 35.5. The number of esters is 1. The van der Waals surface area contributed by atoms with Gasteiger partial charge in [0.15, 0.2) is 0 Å². The highest BCUT2D eigenvalue weighted by molar-refractivity contribution is 6.30. The molecule has 0 saturated carbocycles. The first kappa shape index (κ1) is 20.6. The van der Waals surface area contributed by atoms with Gasteiger partial charge in [-0.1, -0.05) is 54.1 Å². The Kier molecular flexibility index (Phi) is 5.73. The highest BCUT2D eigenvalue weighted by Crippen LogP contribution is 2.30. The van der Waals surface area contributed by atoms with Crippen molar-refractivity contribution in [3.05, 3.63) is 87.9 Å². The Bertz CT molecular complexity index is 1320. The monoisotopic (exact) mass is 434 g/mol. The second kappa shape index (κ2) is 8.62. The molecule has 0 aliphatic carbocycles. The van der Waals surface area contributed by atoms with Crippen LogP contribution in [0.1, 0.15) is 12.6 Å². The van der Waals surface area contributed by atoms with E-state index in [0.29, 0.717) is 38.8 Å². The molecule has 4 aromatic rings. The van der Waals surface area contributed by atoms with Crippen LogP contribution in [0.15, 0.2) is 71.7 Å². The van der Waals surface area contributed by atoms with Crippen molar-refractivity contribution in [1.29, 1.82) is 0 Å². The first-order valence-electron chi connectivity index (χ1n) is 9.56. The minimum absolute atomic E-state index is 0.115. The van der Waals surface area contributed by atoms with E-state index in [0.717, 1.165) is 5.56 Å². The normalized spacial score (nSPS) is 10.8. The average Bonchev–Trinajstić information content (AvgIpc) is 2.78. The van der Waals surface area contributed by atoms with Crippen LogP contribution in [0.4, 0.5) is 0 Å². The standard InChI is InChI=1S/C24H19ClN2O4/c1-15(28)31-14-21-22(17-6-4-3-5-7-17)24(29)27-13-18(25)12-20(23(27)26-21)16-8-10-19(30-2)11-9-16/h3-13H,14H2,1-2H3. The summed E-state index contributed by atoms with van der Waals surface area (Å²) < 4.78 is 11.9. The third kappa shape index (κ3) is 4.15. The van der Waals surface area contributed by atoms with Gasteiger partial charge < -0.3 is 9.47 Å². The Morgan fingerprint density at radius 1 is 1.06 bits per heavy atom. The van der Waals surface area contributed by atoms with Crippen molar-refractivity contribution >= 4 is 23.2 Å². The first-order valence-corrected chi connectivity index (χ1v) is 9.93. The molecule has 0 bridgehead atoms. The van der Waals surface area contributed by atoms with Gasteiger partial charge in [0.1, 0.15) is 18.0 Å². The van der Waals surface area contributed by atoms with Gasteiger partial charge in [0.05, 0.1) is 23.4 Å². The van der Waals surface area contributed by atoms with Gasteiger partial charge in [-0.05, 0) is 29.3 Å². The lowest BCUT2D eigenvalue weighted by Crippen LogP contribution is -2.21. The van der Waals surface area contributed by atoms with Crippen molar-refractivity contribution in [2.45, 2.75) is 13.5 Å². The van der Waals surface area contributed by atoms with Crippen LogP contribution < -0.4 is 10.3 Å². The summed E-state index contributed by atoms with van der Waals surface area (Å²) in [4.78, 5) is 29.7. The fraction of sp³-hybridized carbons (Fsp3) is 0.125. The van der Waals surface area contributed by atoms with E-state index in [1.54, 1.807) is 19.4 Å². The van der Waals surface area contributed by atoms with Gasteiger partial charge in [0.25, 0.3) is 5.56 Å². The van der Waals surface area contributed by atoms with Crippen molar-refractivity contribution < 1.29 is 14.3 Å². The predicted octanol–water partition coefficient (Wildman–Crippen LogP) is 4.75. The molecule has 0 spiro atoms. The second-order valence-electron chi connectivity index (χ2n) is 6.88. The predicted molar refractivity (Wildman–Crippen MR) is 119 cm³/mol. The molecule has 6 nitrogen and oxygen atoms in total. The van der Waals surface area contributed by atoms with E-state index in [4.69, 9.17) is 26.1 Å². The largest absolute Gasteiger partial charge is 0.497 e. The summed E-state index contributed by atoms with van der Waals surface area (Å²) in [5.74, 6) is 0.259. The smallest absolute Gasteiger partial charge is 0.303 e. The molecule has 4 rings (SSSR count). The highest BCUT2D eigenvalue weighted by Gasteiger charge is 2.19. The number of hydrogen-bond acceptors (Lipinski definition) is 5. The molecule has 2 aromatic carbocycles. The first-order chi connectivity index (χ1) is 15.0. The molecule has 156 valence electrons. The van der Waals surface area contributed by atoms with Crippen LogP contribution in [-0.4, -0.2) is 22.5 Å². The number of aromatic nitrogens is 2. The summed E-state index contributed by atoms with van der Waals surface area (Å²) in [6, 6.07) is 18.3. The molecule has 0 atom stereocenters. The minimum atomic E-state index is -0.451. The van der Waals surface area contributed by atoms with Gasteiger partial charge in [-0.3, -0.25) is 14.0 Å². The number of hydrogen-bond donors (Lipinski definition) is 0. The molecule has 0 aliphatic rings. The minimum Gasteiger partial charge on any atom is -0.497 e. The molecule has 31 heavy (non-hydrogen) atoms. The Balaban J connectivity index is 2.01. The zero-order valence-corrected chi connectivity index (χ0v) is 17.7. The summed E-state index contributed by atoms with van der Waals surface area (Å²) in [5.41, 5.74) is 3.04. The Labute approximate surface area is 183 Å². The van der Waals surface area contributed by atoms with Crippen molar-refractivity contribution in [3.63, 3.8) is 0 Å². The van der Waals surface area contributed by atoms with Crippen molar-refractivity contribution in [3.8, 4) is 28.0 Å². The number of rotatable bonds is 5. The summed E-state index contributed by atoms with van der Waals surface area (Å²) in [5, 5.41) is 0.397. The van der Waals surface area contributed by atoms with Gasteiger partial charge in [-0.15, -0.1) is 0 Å². The lowest BCUT2D eigenvalue weighted by Gasteiger charge is -2.14. The number of carbonyl (C=O) groups excluding carboxylic acids is 1. The zero-order chi connectivity index (χ0) is 22.0. The Morgan fingerprint density at radius 2 is 1.77 bits per heavy atom. The summed E-state index contributed by atoms with van der Waals surface area (Å²) in [6.07, 6.45) is 1.54. The van der Waals surface area contributed by atoms with E-state index >= 15 is 0 Å². The average molecular weight is 435 g/mol. The van der Waals surface area contributed by atoms with Crippen molar-refractivity contribution in [2.24, 2.45) is 0 Å². The molecule has 0 radical (unpaired) electrons. The van der Waals surface area contributed by atoms with E-state index in [1.807, 2.05) is 54.6 Å². The molecule has 7 heteroatoms. The van der Waals surface area contributed by atoms with Crippen molar-refractivity contribution in [1.82, 2.24) is 9.38 Å². The van der Waals surface area contributed by atoms with E-state index < -0.39 is 5.97 Å². The Hall–Kier alpha value is -3.64. The van der Waals surface area contributed by atoms with Gasteiger partial charge in [0.2, 0.25) is 0 Å². The van der Waals surface area contributed by atoms with E-state index in [1.165, 1.54) is 11.3 Å². The molecular weight excluding hydrogens is 416 g/mol. The van der Waals surface area contributed by atoms with Gasteiger partial charge >= 0.3 is 5.97 Å². The molecule has 2 heterocycles.